The van der Waals surface area contributed by atoms with Crippen LogP contribution in [0.1, 0.15) is 78.1 Å². The summed E-state index contributed by atoms with van der Waals surface area (Å²) in [6.45, 7) is 7.21. The van der Waals surface area contributed by atoms with Crippen LogP contribution in [0.25, 0.3) is 0 Å². The maximum absolute atomic E-state index is 3.54. The van der Waals surface area contributed by atoms with Gasteiger partial charge in [-0.1, -0.05) is 58.8 Å². The van der Waals surface area contributed by atoms with E-state index in [4.69, 9.17) is 0 Å². The van der Waals surface area contributed by atoms with Gasteiger partial charge in [0.05, 0.1) is 0 Å². The largest absolute Gasteiger partial charge is 0.317 e. The fraction of sp³-hybridized carbons (Fsp3) is 1.00. The predicted octanol–water partition coefficient (Wildman–Crippen LogP) is 4.76. The Morgan fingerprint density at radius 2 is 1.82 bits per heavy atom. The fourth-order valence-corrected chi connectivity index (χ4v) is 3.30. The molecule has 1 aliphatic heterocycles. The van der Waals surface area contributed by atoms with Crippen molar-refractivity contribution in [3.8, 4) is 0 Å². The van der Waals surface area contributed by atoms with Gasteiger partial charge in [0.1, 0.15) is 0 Å². The zero-order chi connectivity index (χ0) is 12.3. The smallest absolute Gasteiger partial charge is 0.00462 e. The van der Waals surface area contributed by atoms with E-state index in [0.29, 0.717) is 0 Å². The molecule has 0 aromatic heterocycles. The van der Waals surface area contributed by atoms with Crippen molar-refractivity contribution in [2.75, 3.05) is 13.1 Å². The molecule has 0 spiro atoms. The van der Waals surface area contributed by atoms with Crippen LogP contribution in [0.5, 0.6) is 0 Å². The third-order valence-electron chi connectivity index (χ3n) is 4.49. The second kappa shape index (κ2) is 9.94. The highest BCUT2D eigenvalue weighted by atomic mass is 14.8. The fourth-order valence-electron chi connectivity index (χ4n) is 3.30. The average Bonchev–Trinajstić information content (AvgIpc) is 2.63. The molecule has 1 heterocycles. The Labute approximate surface area is 109 Å². The monoisotopic (exact) mass is 239 g/mol. The molecule has 1 rings (SSSR count). The Morgan fingerprint density at radius 3 is 2.59 bits per heavy atom. The van der Waals surface area contributed by atoms with Crippen LogP contribution in [-0.4, -0.2) is 13.1 Å². The second-order valence-corrected chi connectivity index (χ2v) is 5.81. The van der Waals surface area contributed by atoms with E-state index in [0.717, 1.165) is 11.8 Å². The minimum Gasteiger partial charge on any atom is -0.317 e. The third kappa shape index (κ3) is 6.45. The summed E-state index contributed by atoms with van der Waals surface area (Å²) >= 11 is 0. The van der Waals surface area contributed by atoms with Gasteiger partial charge < -0.3 is 5.32 Å². The lowest BCUT2D eigenvalue weighted by atomic mass is 9.81. The van der Waals surface area contributed by atoms with Crippen LogP contribution < -0.4 is 5.32 Å². The van der Waals surface area contributed by atoms with Crippen LogP contribution >= 0.6 is 0 Å². The van der Waals surface area contributed by atoms with E-state index in [1.54, 1.807) is 0 Å². The van der Waals surface area contributed by atoms with Gasteiger partial charge in [0.15, 0.2) is 0 Å². The standard InChI is InChI=1S/C16H33N/c1-3-5-6-7-8-10-15(4-2)16-11-9-13-17-14-12-16/h15-17H,3-14H2,1-2H3. The van der Waals surface area contributed by atoms with Crippen molar-refractivity contribution in [1.29, 1.82) is 0 Å². The second-order valence-electron chi connectivity index (χ2n) is 5.81. The van der Waals surface area contributed by atoms with E-state index in [-0.39, 0.29) is 0 Å². The maximum atomic E-state index is 3.54. The molecule has 1 N–H and O–H groups in total. The molecule has 1 nitrogen and oxygen atoms in total. The van der Waals surface area contributed by atoms with Gasteiger partial charge in [-0.2, -0.15) is 0 Å². The molecule has 0 aliphatic carbocycles. The van der Waals surface area contributed by atoms with Gasteiger partial charge in [0, 0.05) is 0 Å². The van der Waals surface area contributed by atoms with Gasteiger partial charge in [0.2, 0.25) is 0 Å². The average molecular weight is 239 g/mol. The van der Waals surface area contributed by atoms with Crippen molar-refractivity contribution >= 4 is 0 Å². The van der Waals surface area contributed by atoms with Crippen LogP contribution in [-0.2, 0) is 0 Å². The van der Waals surface area contributed by atoms with Gasteiger partial charge in [0.25, 0.3) is 0 Å². The molecule has 0 bridgehead atoms. The normalized spacial score (nSPS) is 23.3. The number of unbranched alkanes of at least 4 members (excludes halogenated alkanes) is 4. The quantitative estimate of drug-likeness (QED) is 0.602. The molecule has 0 saturated carbocycles. The van der Waals surface area contributed by atoms with Crippen molar-refractivity contribution in [3.05, 3.63) is 0 Å². The first-order valence-electron chi connectivity index (χ1n) is 8.09. The van der Waals surface area contributed by atoms with Gasteiger partial charge >= 0.3 is 0 Å². The molecule has 102 valence electrons. The van der Waals surface area contributed by atoms with Crippen LogP contribution in [0.3, 0.4) is 0 Å². The molecule has 2 atom stereocenters. The Balaban J connectivity index is 2.16. The predicted molar refractivity (Wildman–Crippen MR) is 77.4 cm³/mol. The maximum Gasteiger partial charge on any atom is -0.00462 e. The minimum atomic E-state index is 1.01. The van der Waals surface area contributed by atoms with Crippen molar-refractivity contribution in [1.82, 2.24) is 5.32 Å². The summed E-state index contributed by atoms with van der Waals surface area (Å²) in [6, 6.07) is 0. The molecule has 2 unspecified atom stereocenters. The first-order valence-corrected chi connectivity index (χ1v) is 8.09. The van der Waals surface area contributed by atoms with Crippen molar-refractivity contribution < 1.29 is 0 Å². The number of nitrogens with one attached hydrogen (secondary N) is 1. The zero-order valence-corrected chi connectivity index (χ0v) is 12.1. The molecule has 1 heteroatoms. The van der Waals surface area contributed by atoms with E-state index < -0.39 is 0 Å². The topological polar surface area (TPSA) is 12.0 Å². The summed E-state index contributed by atoms with van der Waals surface area (Å²) in [5.41, 5.74) is 0. The summed E-state index contributed by atoms with van der Waals surface area (Å²) in [4.78, 5) is 0. The lowest BCUT2D eigenvalue weighted by molar-refractivity contribution is 0.271. The van der Waals surface area contributed by atoms with Crippen molar-refractivity contribution in [3.63, 3.8) is 0 Å². The van der Waals surface area contributed by atoms with E-state index in [1.165, 1.54) is 77.3 Å². The Morgan fingerprint density at radius 1 is 1.00 bits per heavy atom. The zero-order valence-electron chi connectivity index (χ0n) is 12.1. The Hall–Kier alpha value is -0.0400. The minimum absolute atomic E-state index is 1.01. The molecular formula is C16H33N. The molecule has 0 radical (unpaired) electrons. The number of hydrogen-bond acceptors (Lipinski definition) is 1. The van der Waals surface area contributed by atoms with Gasteiger partial charge in [-0.3, -0.25) is 0 Å². The van der Waals surface area contributed by atoms with Crippen LogP contribution in [0, 0.1) is 11.8 Å². The lowest BCUT2D eigenvalue weighted by Gasteiger charge is -2.24. The molecular weight excluding hydrogens is 206 g/mol. The lowest BCUT2D eigenvalue weighted by Crippen LogP contribution is -2.17. The summed E-state index contributed by atoms with van der Waals surface area (Å²) in [5, 5.41) is 3.54. The number of hydrogen-bond donors (Lipinski definition) is 1. The third-order valence-corrected chi connectivity index (χ3v) is 4.49. The summed E-state index contributed by atoms with van der Waals surface area (Å²) in [5.74, 6) is 2.03. The highest BCUT2D eigenvalue weighted by Crippen LogP contribution is 2.29. The highest BCUT2D eigenvalue weighted by molar-refractivity contribution is 4.73. The van der Waals surface area contributed by atoms with E-state index in [2.05, 4.69) is 19.2 Å². The van der Waals surface area contributed by atoms with E-state index >= 15 is 0 Å². The molecule has 0 amide bonds. The van der Waals surface area contributed by atoms with Crippen LogP contribution in [0.2, 0.25) is 0 Å². The van der Waals surface area contributed by atoms with Crippen LogP contribution in [0.4, 0.5) is 0 Å². The Bertz CT molecular complexity index is 159. The van der Waals surface area contributed by atoms with Crippen LogP contribution in [0.15, 0.2) is 0 Å². The van der Waals surface area contributed by atoms with Gasteiger partial charge in [-0.05, 0) is 44.2 Å². The molecule has 0 aromatic carbocycles. The highest BCUT2D eigenvalue weighted by Gasteiger charge is 2.20. The Kier molecular flexibility index (Phi) is 8.78. The first kappa shape index (κ1) is 15.0. The molecule has 1 aliphatic rings. The van der Waals surface area contributed by atoms with Crippen molar-refractivity contribution in [2.45, 2.75) is 78.1 Å². The van der Waals surface area contributed by atoms with E-state index in [9.17, 15) is 0 Å². The van der Waals surface area contributed by atoms with E-state index in [1.807, 2.05) is 0 Å². The molecule has 1 saturated heterocycles. The number of rotatable bonds is 8. The molecule has 1 fully saturated rings. The summed E-state index contributed by atoms with van der Waals surface area (Å²) in [6.07, 6.45) is 14.4. The molecule has 17 heavy (non-hydrogen) atoms. The van der Waals surface area contributed by atoms with Gasteiger partial charge in [-0.15, -0.1) is 0 Å². The molecule has 0 aromatic rings. The SMILES string of the molecule is CCCCCCCC(CC)C1CCCNCC1. The first-order chi connectivity index (χ1) is 8.38. The summed E-state index contributed by atoms with van der Waals surface area (Å²) in [7, 11) is 0. The van der Waals surface area contributed by atoms with Gasteiger partial charge in [-0.25, -0.2) is 0 Å². The van der Waals surface area contributed by atoms with Crippen molar-refractivity contribution in [2.24, 2.45) is 11.8 Å². The summed E-state index contributed by atoms with van der Waals surface area (Å²) < 4.78 is 0.